The zero-order valence-corrected chi connectivity index (χ0v) is 21.9. The van der Waals surface area contributed by atoms with Gasteiger partial charge in [0.15, 0.2) is 6.20 Å². The summed E-state index contributed by atoms with van der Waals surface area (Å²) in [6, 6.07) is 15.7. The molecule has 3 heteroatoms. The van der Waals surface area contributed by atoms with Crippen LogP contribution in [0, 0.1) is 25.8 Å². The van der Waals surface area contributed by atoms with Crippen molar-refractivity contribution in [2.75, 3.05) is 0 Å². The molecule has 0 aliphatic heterocycles. The number of aryl methyl sites for hydroxylation is 3. The van der Waals surface area contributed by atoms with Crippen molar-refractivity contribution in [2.45, 2.75) is 59.3 Å². The molecule has 0 spiro atoms. The molecule has 0 saturated heterocycles. The van der Waals surface area contributed by atoms with Crippen molar-refractivity contribution in [1.29, 1.82) is 0 Å². The van der Waals surface area contributed by atoms with Crippen LogP contribution in [0.4, 0.5) is 5.69 Å². The molecule has 1 saturated carbocycles. The molecule has 6 aromatic rings. The summed E-state index contributed by atoms with van der Waals surface area (Å²) < 4.78 is 4.73. The Balaban J connectivity index is 1.73. The van der Waals surface area contributed by atoms with Gasteiger partial charge < -0.3 is 4.40 Å². The maximum Gasteiger partial charge on any atom is 0.224 e. The Labute approximate surface area is 212 Å². The number of hydrogen-bond acceptors (Lipinski definition) is 0. The van der Waals surface area contributed by atoms with Gasteiger partial charge in [0.05, 0.1) is 33.9 Å². The molecule has 0 N–H and O–H groups in total. The van der Waals surface area contributed by atoms with Gasteiger partial charge in [0.2, 0.25) is 11.2 Å². The van der Waals surface area contributed by atoms with Gasteiger partial charge in [-0.25, -0.2) is 9.41 Å². The van der Waals surface area contributed by atoms with Gasteiger partial charge in [-0.15, -0.1) is 0 Å². The highest BCUT2D eigenvalue weighted by molar-refractivity contribution is 6.27. The second-order valence-corrected chi connectivity index (χ2v) is 11.9. The summed E-state index contributed by atoms with van der Waals surface area (Å²) in [6.07, 6.45) is 7.27. The molecule has 0 unspecified atom stereocenters. The number of nitrogens with zero attached hydrogens (tertiary/aromatic N) is 3. The van der Waals surface area contributed by atoms with Gasteiger partial charge in [0.25, 0.3) is 0 Å². The Hall–Kier alpha value is -3.64. The molecule has 7 rings (SSSR count). The van der Waals surface area contributed by atoms with E-state index in [0.29, 0.717) is 11.3 Å². The number of para-hydroxylation sites is 1. The van der Waals surface area contributed by atoms with E-state index in [1.165, 1.54) is 85.9 Å². The first-order chi connectivity index (χ1) is 17.3. The second-order valence-electron chi connectivity index (χ2n) is 11.9. The van der Waals surface area contributed by atoms with Crippen LogP contribution in [0.3, 0.4) is 0 Å². The highest BCUT2D eigenvalue weighted by Gasteiger charge is 2.30. The molecule has 1 aliphatic rings. The lowest BCUT2D eigenvalue weighted by atomic mass is 9.71. The molecule has 3 heterocycles. The molecule has 178 valence electrons. The van der Waals surface area contributed by atoms with Crippen LogP contribution in [0.25, 0.3) is 53.8 Å². The summed E-state index contributed by atoms with van der Waals surface area (Å²) in [6.45, 7) is 17.3. The largest absolute Gasteiger partial charge is 0.317 e. The van der Waals surface area contributed by atoms with Crippen molar-refractivity contribution in [3.63, 3.8) is 0 Å². The maximum absolute atomic E-state index is 8.00. The number of hydrogen-bond donors (Lipinski definition) is 0. The molecule has 3 aromatic heterocycles. The summed E-state index contributed by atoms with van der Waals surface area (Å²) in [4.78, 5) is 3.99. The Kier molecular flexibility index (Phi) is 4.33. The molecule has 3 nitrogen and oxygen atoms in total. The van der Waals surface area contributed by atoms with Crippen LogP contribution in [0.15, 0.2) is 48.7 Å². The zero-order valence-electron chi connectivity index (χ0n) is 21.9. The zero-order chi connectivity index (χ0) is 24.9. The first-order valence-electron chi connectivity index (χ1n) is 13.2. The van der Waals surface area contributed by atoms with Gasteiger partial charge in [0, 0.05) is 11.5 Å². The Morgan fingerprint density at radius 3 is 2.50 bits per heavy atom. The third-order valence-electron chi connectivity index (χ3n) is 9.22. The minimum Gasteiger partial charge on any atom is -0.317 e. The normalized spacial score (nSPS) is 16.7. The van der Waals surface area contributed by atoms with Gasteiger partial charge in [-0.1, -0.05) is 38.1 Å². The van der Waals surface area contributed by atoms with Crippen molar-refractivity contribution < 1.29 is 4.57 Å². The van der Waals surface area contributed by atoms with E-state index < -0.39 is 0 Å². The Morgan fingerprint density at radius 2 is 1.75 bits per heavy atom. The summed E-state index contributed by atoms with van der Waals surface area (Å²) >= 11 is 0. The van der Waals surface area contributed by atoms with Crippen LogP contribution in [-0.4, -0.2) is 4.40 Å². The lowest BCUT2D eigenvalue weighted by Gasteiger charge is -2.34. The van der Waals surface area contributed by atoms with E-state index >= 15 is 0 Å². The Morgan fingerprint density at radius 1 is 0.972 bits per heavy atom. The molecule has 0 amide bonds. The maximum atomic E-state index is 8.00. The SMILES string of the molecule is [C-]#[N+]c1cccc2c3cc(C)c(C)c4c3n(c3cc(C5CCC(C)(C)CC5)cc5cc[n+](C)c4c53)c12. The molecular weight excluding hydrogens is 438 g/mol. The van der Waals surface area contributed by atoms with Crippen LogP contribution in [0.2, 0.25) is 0 Å². The monoisotopic (exact) mass is 470 g/mol. The van der Waals surface area contributed by atoms with Crippen LogP contribution in [0.5, 0.6) is 0 Å². The summed E-state index contributed by atoms with van der Waals surface area (Å²) in [5.41, 5.74) is 10.1. The van der Waals surface area contributed by atoms with E-state index in [0.717, 1.165) is 11.2 Å². The van der Waals surface area contributed by atoms with Crippen LogP contribution in [0.1, 0.15) is 62.1 Å². The third-order valence-corrected chi connectivity index (χ3v) is 9.22. The molecule has 0 radical (unpaired) electrons. The first-order valence-corrected chi connectivity index (χ1v) is 13.2. The number of aromatic nitrogens is 2. The van der Waals surface area contributed by atoms with Gasteiger partial charge in [-0.3, -0.25) is 0 Å². The molecule has 0 atom stereocenters. The van der Waals surface area contributed by atoms with Gasteiger partial charge in [-0.05, 0) is 90.5 Å². The summed E-state index contributed by atoms with van der Waals surface area (Å²) in [7, 11) is 2.17. The highest BCUT2D eigenvalue weighted by atomic mass is 15.0. The molecule has 36 heavy (non-hydrogen) atoms. The van der Waals surface area contributed by atoms with E-state index in [1.54, 1.807) is 0 Å². The van der Waals surface area contributed by atoms with Crippen molar-refractivity contribution in [1.82, 2.24) is 4.40 Å². The molecule has 1 aliphatic carbocycles. The van der Waals surface area contributed by atoms with E-state index in [-0.39, 0.29) is 0 Å². The fourth-order valence-corrected chi connectivity index (χ4v) is 7.01. The summed E-state index contributed by atoms with van der Waals surface area (Å²) in [5.74, 6) is 0.592. The fourth-order valence-electron chi connectivity index (χ4n) is 7.01. The smallest absolute Gasteiger partial charge is 0.224 e. The number of rotatable bonds is 1. The quantitative estimate of drug-likeness (QED) is 0.0987. The fraction of sp³-hybridized carbons (Fsp3) is 0.333. The highest BCUT2D eigenvalue weighted by Crippen LogP contribution is 2.47. The number of pyridine rings is 2. The predicted molar refractivity (Wildman–Crippen MR) is 151 cm³/mol. The lowest BCUT2D eigenvalue weighted by molar-refractivity contribution is -0.643. The van der Waals surface area contributed by atoms with Crippen LogP contribution < -0.4 is 4.57 Å². The standard InChI is InChI=1S/C33H32N3/c1-19-16-25-24-8-7-9-26(34-5)30(24)36-27-18-23(21-10-13-33(3,4)14-11-21)17-22-12-15-35(6)32(29(22)27)28(20(19)2)31(25)36/h7-9,12,15-18,21H,10-11,13-14H2,1-4,6H3/q+1. The van der Waals surface area contributed by atoms with Crippen molar-refractivity contribution in [3.05, 3.63) is 76.8 Å². The van der Waals surface area contributed by atoms with Crippen LogP contribution >= 0.6 is 0 Å². The van der Waals surface area contributed by atoms with Gasteiger partial charge >= 0.3 is 0 Å². The van der Waals surface area contributed by atoms with Crippen molar-refractivity contribution in [3.8, 4) is 0 Å². The molecular formula is C33H32N3+. The second kappa shape index (κ2) is 7.20. The minimum absolute atomic E-state index is 0.449. The Bertz CT molecular complexity index is 1900. The third kappa shape index (κ3) is 2.76. The average molecular weight is 471 g/mol. The van der Waals surface area contributed by atoms with Gasteiger partial charge in [0.1, 0.15) is 7.05 Å². The summed E-state index contributed by atoms with van der Waals surface area (Å²) in [5, 5.41) is 6.35. The topological polar surface area (TPSA) is 12.6 Å². The molecule has 0 bridgehead atoms. The average Bonchev–Trinajstić information content (AvgIpc) is 3.19. The molecule has 1 fully saturated rings. The van der Waals surface area contributed by atoms with Crippen LogP contribution in [-0.2, 0) is 7.05 Å². The predicted octanol–water partition coefficient (Wildman–Crippen LogP) is 8.67. The van der Waals surface area contributed by atoms with Crippen molar-refractivity contribution in [2.24, 2.45) is 12.5 Å². The number of benzene rings is 3. The van der Waals surface area contributed by atoms with Crippen molar-refractivity contribution >= 4 is 54.7 Å². The van der Waals surface area contributed by atoms with E-state index in [2.05, 4.69) is 85.1 Å². The lowest BCUT2D eigenvalue weighted by Crippen LogP contribution is -2.29. The minimum atomic E-state index is 0.449. The molecule has 3 aromatic carbocycles. The van der Waals surface area contributed by atoms with E-state index in [1.807, 2.05) is 12.1 Å². The first kappa shape index (κ1) is 21.6. The van der Waals surface area contributed by atoms with E-state index in [9.17, 15) is 0 Å². The van der Waals surface area contributed by atoms with E-state index in [4.69, 9.17) is 6.57 Å². The number of fused-ring (bicyclic) bond motifs is 5. The van der Waals surface area contributed by atoms with Gasteiger partial charge in [-0.2, -0.15) is 0 Å².